The molecule has 0 unspecified atom stereocenters. The SMILES string of the molecule is CN(CCC#N)C(=O)c1ccccc1-c1ccccc1. The minimum atomic E-state index is -0.0558. The van der Waals surface area contributed by atoms with Crippen LogP contribution < -0.4 is 0 Å². The Balaban J connectivity index is 2.34. The van der Waals surface area contributed by atoms with Gasteiger partial charge < -0.3 is 4.90 Å². The van der Waals surface area contributed by atoms with Crippen molar-refractivity contribution in [1.29, 1.82) is 5.26 Å². The first-order valence-electron chi connectivity index (χ1n) is 6.51. The van der Waals surface area contributed by atoms with E-state index in [1.54, 1.807) is 11.9 Å². The highest BCUT2D eigenvalue weighted by molar-refractivity contribution is 6.00. The minimum absolute atomic E-state index is 0.0558. The van der Waals surface area contributed by atoms with Gasteiger partial charge in [0.1, 0.15) is 0 Å². The van der Waals surface area contributed by atoms with Crippen molar-refractivity contribution in [2.75, 3.05) is 13.6 Å². The molecule has 0 atom stereocenters. The predicted molar refractivity (Wildman–Crippen MR) is 79.1 cm³/mol. The number of rotatable bonds is 4. The van der Waals surface area contributed by atoms with E-state index in [4.69, 9.17) is 5.26 Å². The molecule has 0 aliphatic rings. The zero-order chi connectivity index (χ0) is 14.4. The molecule has 0 N–H and O–H groups in total. The fourth-order valence-electron chi connectivity index (χ4n) is 2.06. The number of hydrogen-bond acceptors (Lipinski definition) is 2. The Bertz CT molecular complexity index is 629. The number of hydrogen-bond donors (Lipinski definition) is 0. The number of nitrogens with zero attached hydrogens (tertiary/aromatic N) is 2. The Morgan fingerprint density at radius 1 is 1.10 bits per heavy atom. The van der Waals surface area contributed by atoms with Crippen LogP contribution in [0, 0.1) is 11.3 Å². The summed E-state index contributed by atoms with van der Waals surface area (Å²) in [6.45, 7) is 0.443. The van der Waals surface area contributed by atoms with Crippen LogP contribution in [0.15, 0.2) is 54.6 Å². The van der Waals surface area contributed by atoms with Gasteiger partial charge in [-0.2, -0.15) is 5.26 Å². The van der Waals surface area contributed by atoms with E-state index in [9.17, 15) is 4.79 Å². The molecule has 0 spiro atoms. The molecule has 0 aliphatic heterocycles. The second-order valence-corrected chi connectivity index (χ2v) is 4.55. The highest BCUT2D eigenvalue weighted by Gasteiger charge is 2.15. The Kier molecular flexibility index (Phi) is 4.52. The lowest BCUT2D eigenvalue weighted by atomic mass is 9.99. The predicted octanol–water partition coefficient (Wildman–Crippen LogP) is 3.34. The van der Waals surface area contributed by atoms with E-state index >= 15 is 0 Å². The molecule has 0 fully saturated rings. The van der Waals surface area contributed by atoms with Crippen LogP contribution in [-0.2, 0) is 0 Å². The van der Waals surface area contributed by atoms with Crippen molar-refractivity contribution in [3.63, 3.8) is 0 Å². The molecule has 1 amide bonds. The summed E-state index contributed by atoms with van der Waals surface area (Å²) in [6, 6.07) is 19.4. The molecule has 0 aromatic heterocycles. The van der Waals surface area contributed by atoms with Crippen molar-refractivity contribution in [2.45, 2.75) is 6.42 Å². The molecule has 2 rings (SSSR count). The van der Waals surface area contributed by atoms with Gasteiger partial charge in [-0.1, -0.05) is 48.5 Å². The molecule has 0 radical (unpaired) electrons. The second-order valence-electron chi connectivity index (χ2n) is 4.55. The van der Waals surface area contributed by atoms with Crippen molar-refractivity contribution in [3.05, 3.63) is 60.2 Å². The van der Waals surface area contributed by atoms with Crippen LogP contribution in [0.2, 0.25) is 0 Å². The smallest absolute Gasteiger partial charge is 0.254 e. The van der Waals surface area contributed by atoms with E-state index in [0.29, 0.717) is 18.5 Å². The van der Waals surface area contributed by atoms with Crippen LogP contribution in [0.1, 0.15) is 16.8 Å². The third-order valence-corrected chi connectivity index (χ3v) is 3.15. The maximum Gasteiger partial charge on any atom is 0.254 e. The summed E-state index contributed by atoms with van der Waals surface area (Å²) >= 11 is 0. The van der Waals surface area contributed by atoms with Gasteiger partial charge in [-0.25, -0.2) is 0 Å². The van der Waals surface area contributed by atoms with Crippen LogP contribution >= 0.6 is 0 Å². The van der Waals surface area contributed by atoms with Gasteiger partial charge in [0.05, 0.1) is 12.5 Å². The quantitative estimate of drug-likeness (QED) is 0.850. The molecule has 0 bridgehead atoms. The summed E-state index contributed by atoms with van der Waals surface area (Å²) in [5.74, 6) is -0.0558. The zero-order valence-corrected chi connectivity index (χ0v) is 11.4. The normalized spacial score (nSPS) is 9.80. The number of amides is 1. The van der Waals surface area contributed by atoms with E-state index in [2.05, 4.69) is 6.07 Å². The lowest BCUT2D eigenvalue weighted by Gasteiger charge is -2.17. The molecule has 100 valence electrons. The van der Waals surface area contributed by atoms with Crippen molar-refractivity contribution in [2.24, 2.45) is 0 Å². The van der Waals surface area contributed by atoms with E-state index < -0.39 is 0 Å². The molecule has 3 heteroatoms. The summed E-state index contributed by atoms with van der Waals surface area (Å²) < 4.78 is 0. The van der Waals surface area contributed by atoms with E-state index in [1.807, 2.05) is 54.6 Å². The van der Waals surface area contributed by atoms with Crippen molar-refractivity contribution in [1.82, 2.24) is 4.90 Å². The van der Waals surface area contributed by atoms with Crippen LogP contribution in [0.5, 0.6) is 0 Å². The fraction of sp³-hybridized carbons (Fsp3) is 0.176. The van der Waals surface area contributed by atoms with Gasteiger partial charge in [-0.3, -0.25) is 4.79 Å². The first kappa shape index (κ1) is 13.8. The summed E-state index contributed by atoms with van der Waals surface area (Å²) in [4.78, 5) is 14.0. The molecule has 3 nitrogen and oxygen atoms in total. The van der Waals surface area contributed by atoms with Crippen molar-refractivity contribution < 1.29 is 4.79 Å². The summed E-state index contributed by atoms with van der Waals surface area (Å²) in [5.41, 5.74) is 2.60. The summed E-state index contributed by atoms with van der Waals surface area (Å²) in [6.07, 6.45) is 0.343. The van der Waals surface area contributed by atoms with Crippen LogP contribution in [0.25, 0.3) is 11.1 Å². The highest BCUT2D eigenvalue weighted by atomic mass is 16.2. The van der Waals surface area contributed by atoms with Gasteiger partial charge in [0.2, 0.25) is 0 Å². The van der Waals surface area contributed by atoms with Crippen LogP contribution in [0.3, 0.4) is 0 Å². The molecule has 2 aromatic carbocycles. The third kappa shape index (κ3) is 3.04. The Hall–Kier alpha value is -2.60. The van der Waals surface area contributed by atoms with Crippen LogP contribution in [0.4, 0.5) is 0 Å². The Morgan fingerprint density at radius 3 is 2.45 bits per heavy atom. The van der Waals surface area contributed by atoms with E-state index in [-0.39, 0.29) is 5.91 Å². The number of benzene rings is 2. The topological polar surface area (TPSA) is 44.1 Å². The van der Waals surface area contributed by atoms with E-state index in [0.717, 1.165) is 11.1 Å². The number of carbonyl (C=O) groups is 1. The average Bonchev–Trinajstić information content (AvgIpc) is 2.52. The fourth-order valence-corrected chi connectivity index (χ4v) is 2.06. The average molecular weight is 264 g/mol. The number of carbonyl (C=O) groups excluding carboxylic acids is 1. The molecule has 20 heavy (non-hydrogen) atoms. The highest BCUT2D eigenvalue weighted by Crippen LogP contribution is 2.24. The number of nitriles is 1. The zero-order valence-electron chi connectivity index (χ0n) is 11.4. The van der Waals surface area contributed by atoms with E-state index in [1.165, 1.54) is 0 Å². The molecule has 0 aliphatic carbocycles. The van der Waals surface area contributed by atoms with Gasteiger partial charge in [-0.05, 0) is 17.2 Å². The third-order valence-electron chi connectivity index (χ3n) is 3.15. The Morgan fingerprint density at radius 2 is 1.75 bits per heavy atom. The monoisotopic (exact) mass is 264 g/mol. The van der Waals surface area contributed by atoms with Crippen molar-refractivity contribution >= 4 is 5.91 Å². The second kappa shape index (κ2) is 6.53. The molecule has 0 heterocycles. The first-order chi connectivity index (χ1) is 9.74. The minimum Gasteiger partial charge on any atom is -0.341 e. The van der Waals surface area contributed by atoms with Gasteiger partial charge in [0.25, 0.3) is 5.91 Å². The Labute approximate surface area is 119 Å². The van der Waals surface area contributed by atoms with Crippen LogP contribution in [-0.4, -0.2) is 24.4 Å². The molecular weight excluding hydrogens is 248 g/mol. The van der Waals surface area contributed by atoms with Gasteiger partial charge >= 0.3 is 0 Å². The largest absolute Gasteiger partial charge is 0.341 e. The van der Waals surface area contributed by atoms with Gasteiger partial charge in [-0.15, -0.1) is 0 Å². The summed E-state index contributed by atoms with van der Waals surface area (Å²) in [7, 11) is 1.72. The maximum atomic E-state index is 12.5. The van der Waals surface area contributed by atoms with Gasteiger partial charge in [0, 0.05) is 19.2 Å². The maximum absolute atomic E-state index is 12.5. The molecular formula is C17H16N2O. The summed E-state index contributed by atoms with van der Waals surface area (Å²) in [5, 5.41) is 8.61. The first-order valence-corrected chi connectivity index (χ1v) is 6.51. The molecule has 0 saturated carbocycles. The lowest BCUT2D eigenvalue weighted by Crippen LogP contribution is -2.28. The molecule has 0 saturated heterocycles. The molecule has 2 aromatic rings. The standard InChI is InChI=1S/C17H16N2O/c1-19(13-7-12-18)17(20)16-11-6-5-10-15(16)14-8-3-2-4-9-14/h2-6,8-11H,7,13H2,1H3. The lowest BCUT2D eigenvalue weighted by molar-refractivity contribution is 0.0799. The van der Waals surface area contributed by atoms with Gasteiger partial charge in [0.15, 0.2) is 0 Å². The van der Waals surface area contributed by atoms with Crippen molar-refractivity contribution in [3.8, 4) is 17.2 Å².